The molecule has 0 radical (unpaired) electrons. The van der Waals surface area contributed by atoms with Crippen molar-refractivity contribution in [1.29, 1.82) is 0 Å². The van der Waals surface area contributed by atoms with E-state index in [1.54, 1.807) is 7.11 Å². The molecule has 2 aliphatic heterocycles. The van der Waals surface area contributed by atoms with E-state index < -0.39 is 11.9 Å². The predicted octanol–water partition coefficient (Wildman–Crippen LogP) is 5.47. The fourth-order valence-corrected chi connectivity index (χ4v) is 5.75. The molecule has 3 aliphatic rings. The molecule has 1 aromatic carbocycles. The highest BCUT2D eigenvalue weighted by Gasteiger charge is 2.43. The fourth-order valence-electron chi connectivity index (χ4n) is 5.75. The number of hydrogen-bond donors (Lipinski definition) is 1. The number of esters is 1. The summed E-state index contributed by atoms with van der Waals surface area (Å²) in [4.78, 5) is 27.2. The van der Waals surface area contributed by atoms with E-state index >= 15 is 0 Å². The first-order valence-electron chi connectivity index (χ1n) is 13.7. The number of carbonyl (C=O) groups excluding carboxylic acids is 2. The Labute approximate surface area is 229 Å². The summed E-state index contributed by atoms with van der Waals surface area (Å²) in [6.07, 6.45) is 2.68. The van der Waals surface area contributed by atoms with E-state index in [0.29, 0.717) is 59.3 Å². The summed E-state index contributed by atoms with van der Waals surface area (Å²) in [6, 6.07) is 9.54. The van der Waals surface area contributed by atoms with Gasteiger partial charge in [-0.3, -0.25) is 4.79 Å². The van der Waals surface area contributed by atoms with Gasteiger partial charge in [-0.15, -0.1) is 0 Å². The van der Waals surface area contributed by atoms with Crippen LogP contribution in [0.25, 0.3) is 0 Å². The van der Waals surface area contributed by atoms with Crippen molar-refractivity contribution < 1.29 is 33.0 Å². The van der Waals surface area contributed by atoms with Crippen molar-refractivity contribution in [3.05, 3.63) is 70.0 Å². The summed E-state index contributed by atoms with van der Waals surface area (Å²) in [5.74, 6) is 1.43. The number of benzene rings is 1. The molecule has 0 unspecified atom stereocenters. The van der Waals surface area contributed by atoms with E-state index in [0.717, 1.165) is 24.1 Å². The van der Waals surface area contributed by atoms with Crippen LogP contribution >= 0.6 is 0 Å². The third-order valence-corrected chi connectivity index (χ3v) is 7.54. The first-order valence-corrected chi connectivity index (χ1v) is 13.7. The molecular weight excluding hydrogens is 498 g/mol. The zero-order valence-electron chi connectivity index (χ0n) is 23.3. The van der Waals surface area contributed by atoms with Crippen molar-refractivity contribution in [2.45, 2.75) is 77.4 Å². The minimum Gasteiger partial charge on any atom is -0.493 e. The number of Topliss-reactive ketones (excluding diaryl/α,β-unsaturated/α-hetero) is 1. The second-order valence-corrected chi connectivity index (χ2v) is 10.8. The average molecular weight is 536 g/mol. The Morgan fingerprint density at radius 3 is 2.62 bits per heavy atom. The Bertz CT molecular complexity index is 1310. The van der Waals surface area contributed by atoms with E-state index in [1.165, 1.54) is 0 Å². The molecule has 1 aromatic heterocycles. The molecule has 5 rings (SSSR count). The monoisotopic (exact) mass is 535 g/mol. The van der Waals surface area contributed by atoms with Gasteiger partial charge in [-0.1, -0.05) is 6.07 Å². The molecule has 208 valence electrons. The maximum Gasteiger partial charge on any atom is 0.336 e. The molecule has 39 heavy (non-hydrogen) atoms. The van der Waals surface area contributed by atoms with E-state index in [-0.39, 0.29) is 30.5 Å². The van der Waals surface area contributed by atoms with Gasteiger partial charge >= 0.3 is 5.97 Å². The van der Waals surface area contributed by atoms with Gasteiger partial charge in [0.25, 0.3) is 0 Å². The molecule has 0 amide bonds. The lowest BCUT2D eigenvalue weighted by atomic mass is 9.73. The second kappa shape index (κ2) is 11.3. The smallest absolute Gasteiger partial charge is 0.336 e. The Kier molecular flexibility index (Phi) is 7.84. The number of aryl methyl sites for hydroxylation is 1. The SMILES string of the molecule is COc1cc([C@@H]2CC(=O)C3=C(C2)NC(C)=C(C(=O)OC[C@H]2CCCO2)[C@@H]3c2ccc(C)o2)ccc1OC(C)C. The summed E-state index contributed by atoms with van der Waals surface area (Å²) in [7, 11) is 1.62. The van der Waals surface area contributed by atoms with Crippen LogP contribution in [0.1, 0.15) is 75.4 Å². The Morgan fingerprint density at radius 2 is 1.95 bits per heavy atom. The molecule has 0 saturated carbocycles. The topological polar surface area (TPSA) is 96.2 Å². The maximum absolute atomic E-state index is 13.8. The molecule has 8 nitrogen and oxygen atoms in total. The molecule has 3 heterocycles. The number of rotatable bonds is 8. The Hall–Kier alpha value is -3.52. The van der Waals surface area contributed by atoms with Crippen molar-refractivity contribution in [2.75, 3.05) is 20.3 Å². The van der Waals surface area contributed by atoms with Crippen LogP contribution in [0.2, 0.25) is 0 Å². The number of nitrogens with one attached hydrogen (secondary N) is 1. The summed E-state index contributed by atoms with van der Waals surface area (Å²) in [6.45, 7) is 8.52. The first-order chi connectivity index (χ1) is 18.7. The van der Waals surface area contributed by atoms with Gasteiger partial charge in [0.2, 0.25) is 0 Å². The number of ether oxygens (including phenoxy) is 4. The number of hydrogen-bond acceptors (Lipinski definition) is 8. The van der Waals surface area contributed by atoms with Gasteiger partial charge in [0.15, 0.2) is 17.3 Å². The standard InChI is InChI=1S/C31H37NO7/c1-17(2)38-25-11-9-20(15-27(25)35-5)21-13-23-29(24(33)14-21)30(26-10-8-18(3)39-26)28(19(4)32-23)31(34)37-16-22-7-6-12-36-22/h8-11,15,17,21-22,30,32H,6-7,12-14,16H2,1-5H3/t21-,22+,30-/m0/s1. The van der Waals surface area contributed by atoms with Gasteiger partial charge in [0.05, 0.1) is 30.8 Å². The quantitative estimate of drug-likeness (QED) is 0.445. The minimum atomic E-state index is -0.628. The van der Waals surface area contributed by atoms with Gasteiger partial charge in [-0.2, -0.15) is 0 Å². The van der Waals surface area contributed by atoms with Crippen LogP contribution in [-0.2, 0) is 19.1 Å². The van der Waals surface area contributed by atoms with Crippen LogP contribution in [-0.4, -0.2) is 44.3 Å². The predicted molar refractivity (Wildman–Crippen MR) is 145 cm³/mol. The van der Waals surface area contributed by atoms with Crippen LogP contribution < -0.4 is 14.8 Å². The van der Waals surface area contributed by atoms with Crippen molar-refractivity contribution in [3.63, 3.8) is 0 Å². The van der Waals surface area contributed by atoms with E-state index in [2.05, 4.69) is 5.32 Å². The van der Waals surface area contributed by atoms with Crippen molar-refractivity contribution in [1.82, 2.24) is 5.32 Å². The molecule has 1 N–H and O–H groups in total. The van der Waals surface area contributed by atoms with E-state index in [9.17, 15) is 9.59 Å². The lowest BCUT2D eigenvalue weighted by molar-refractivity contribution is -0.142. The molecule has 1 fully saturated rings. The van der Waals surface area contributed by atoms with Crippen molar-refractivity contribution in [2.24, 2.45) is 0 Å². The van der Waals surface area contributed by atoms with Crippen LogP contribution in [0.4, 0.5) is 0 Å². The van der Waals surface area contributed by atoms with Crippen LogP contribution in [0, 0.1) is 6.92 Å². The van der Waals surface area contributed by atoms with Gasteiger partial charge in [0, 0.05) is 30.0 Å². The molecular formula is C31H37NO7. The molecule has 3 atom stereocenters. The number of furan rings is 1. The number of allylic oxidation sites excluding steroid dienone is 3. The third kappa shape index (κ3) is 5.62. The lowest BCUT2D eigenvalue weighted by Gasteiger charge is -2.36. The molecule has 1 saturated heterocycles. The summed E-state index contributed by atoms with van der Waals surface area (Å²) in [5, 5.41) is 3.39. The molecule has 2 aromatic rings. The van der Waals surface area contributed by atoms with Crippen LogP contribution in [0.3, 0.4) is 0 Å². The van der Waals surface area contributed by atoms with Crippen molar-refractivity contribution >= 4 is 11.8 Å². The second-order valence-electron chi connectivity index (χ2n) is 10.8. The molecule has 0 bridgehead atoms. The largest absolute Gasteiger partial charge is 0.493 e. The van der Waals surface area contributed by atoms with E-state index in [1.807, 2.05) is 58.0 Å². The molecule has 0 spiro atoms. The van der Waals surface area contributed by atoms with Gasteiger partial charge in [-0.05, 0) is 82.7 Å². The molecule has 8 heteroatoms. The Balaban J connectivity index is 1.45. The number of methoxy groups -OCH3 is 1. The third-order valence-electron chi connectivity index (χ3n) is 7.54. The maximum atomic E-state index is 13.8. The van der Waals surface area contributed by atoms with Crippen molar-refractivity contribution in [3.8, 4) is 11.5 Å². The average Bonchev–Trinajstić information content (AvgIpc) is 3.58. The summed E-state index contributed by atoms with van der Waals surface area (Å²) in [5.41, 5.74) is 3.45. The normalized spacial score (nSPS) is 23.1. The zero-order valence-corrected chi connectivity index (χ0v) is 23.3. The number of carbonyl (C=O) groups is 2. The number of dihydropyridines is 1. The number of ketones is 1. The van der Waals surface area contributed by atoms with Gasteiger partial charge < -0.3 is 28.7 Å². The summed E-state index contributed by atoms with van der Waals surface area (Å²) >= 11 is 0. The highest BCUT2D eigenvalue weighted by atomic mass is 16.6. The van der Waals surface area contributed by atoms with Crippen LogP contribution in [0.15, 0.2) is 57.3 Å². The molecule has 1 aliphatic carbocycles. The highest BCUT2D eigenvalue weighted by Crippen LogP contribution is 2.47. The van der Waals surface area contributed by atoms with Gasteiger partial charge in [-0.25, -0.2) is 4.79 Å². The lowest BCUT2D eigenvalue weighted by Crippen LogP contribution is -2.36. The fraction of sp³-hybridized carbons (Fsp3) is 0.484. The zero-order chi connectivity index (χ0) is 27.7. The van der Waals surface area contributed by atoms with Crippen LogP contribution in [0.5, 0.6) is 11.5 Å². The first kappa shape index (κ1) is 27.1. The minimum absolute atomic E-state index is 0.0173. The van der Waals surface area contributed by atoms with E-state index in [4.69, 9.17) is 23.4 Å². The van der Waals surface area contributed by atoms with Gasteiger partial charge in [0.1, 0.15) is 18.1 Å². The Morgan fingerprint density at radius 1 is 1.13 bits per heavy atom. The summed E-state index contributed by atoms with van der Waals surface area (Å²) < 4.78 is 28.8. The highest BCUT2D eigenvalue weighted by molar-refractivity contribution is 6.04.